The SMILES string of the molecule is Nc1ccc(Cl)cc1CN1C(=O)Cc2ccccc2C1=O. The van der Waals surface area contributed by atoms with Gasteiger partial charge in [0.15, 0.2) is 0 Å². The molecule has 2 aromatic carbocycles. The Morgan fingerprint density at radius 2 is 1.90 bits per heavy atom. The van der Waals surface area contributed by atoms with E-state index in [1.807, 2.05) is 6.07 Å². The number of halogens is 1. The van der Waals surface area contributed by atoms with E-state index in [0.717, 1.165) is 5.56 Å². The average Bonchev–Trinajstić information content (AvgIpc) is 2.47. The molecule has 1 heterocycles. The summed E-state index contributed by atoms with van der Waals surface area (Å²) in [6.45, 7) is 0.137. The van der Waals surface area contributed by atoms with Crippen molar-refractivity contribution in [2.45, 2.75) is 13.0 Å². The van der Waals surface area contributed by atoms with Crippen LogP contribution in [0.1, 0.15) is 21.5 Å². The van der Waals surface area contributed by atoms with Crippen LogP contribution in [0.25, 0.3) is 0 Å². The lowest BCUT2D eigenvalue weighted by Gasteiger charge is -2.27. The van der Waals surface area contributed by atoms with Gasteiger partial charge in [0, 0.05) is 16.3 Å². The van der Waals surface area contributed by atoms with Gasteiger partial charge in [-0.05, 0) is 35.4 Å². The number of nitrogen functional groups attached to an aromatic ring is 1. The van der Waals surface area contributed by atoms with Gasteiger partial charge in [0.25, 0.3) is 5.91 Å². The quantitative estimate of drug-likeness (QED) is 0.685. The summed E-state index contributed by atoms with van der Waals surface area (Å²) < 4.78 is 0. The Morgan fingerprint density at radius 1 is 1.14 bits per heavy atom. The Hall–Kier alpha value is -2.33. The highest BCUT2D eigenvalue weighted by atomic mass is 35.5. The molecule has 0 aliphatic carbocycles. The van der Waals surface area contributed by atoms with E-state index >= 15 is 0 Å². The van der Waals surface area contributed by atoms with E-state index in [0.29, 0.717) is 21.8 Å². The van der Waals surface area contributed by atoms with E-state index < -0.39 is 0 Å². The van der Waals surface area contributed by atoms with Gasteiger partial charge in [-0.15, -0.1) is 0 Å². The molecule has 4 nitrogen and oxygen atoms in total. The van der Waals surface area contributed by atoms with Crippen molar-refractivity contribution in [1.29, 1.82) is 0 Å². The van der Waals surface area contributed by atoms with Crippen molar-refractivity contribution in [1.82, 2.24) is 4.90 Å². The van der Waals surface area contributed by atoms with Crippen molar-refractivity contribution in [2.75, 3.05) is 5.73 Å². The van der Waals surface area contributed by atoms with E-state index in [1.54, 1.807) is 36.4 Å². The molecule has 2 aromatic rings. The fourth-order valence-electron chi connectivity index (χ4n) is 2.44. The predicted molar refractivity (Wildman–Crippen MR) is 80.9 cm³/mol. The fourth-order valence-corrected chi connectivity index (χ4v) is 2.64. The smallest absolute Gasteiger partial charge is 0.261 e. The monoisotopic (exact) mass is 300 g/mol. The molecular formula is C16H13ClN2O2. The third-order valence-electron chi connectivity index (χ3n) is 3.57. The third-order valence-corrected chi connectivity index (χ3v) is 3.80. The molecule has 21 heavy (non-hydrogen) atoms. The van der Waals surface area contributed by atoms with Crippen molar-refractivity contribution >= 4 is 29.1 Å². The highest BCUT2D eigenvalue weighted by molar-refractivity contribution is 6.30. The van der Waals surface area contributed by atoms with E-state index in [4.69, 9.17) is 17.3 Å². The number of anilines is 1. The molecule has 0 unspecified atom stereocenters. The van der Waals surface area contributed by atoms with Gasteiger partial charge in [-0.1, -0.05) is 29.8 Å². The molecular weight excluding hydrogens is 288 g/mol. The first kappa shape index (κ1) is 13.6. The van der Waals surface area contributed by atoms with Gasteiger partial charge in [0.1, 0.15) is 0 Å². The van der Waals surface area contributed by atoms with Gasteiger partial charge < -0.3 is 5.73 Å². The van der Waals surface area contributed by atoms with Crippen LogP contribution in [0.4, 0.5) is 5.69 Å². The number of fused-ring (bicyclic) bond motifs is 1. The van der Waals surface area contributed by atoms with E-state index in [1.165, 1.54) is 4.90 Å². The first-order valence-corrected chi connectivity index (χ1v) is 6.90. The number of amides is 2. The Morgan fingerprint density at radius 3 is 2.71 bits per heavy atom. The van der Waals surface area contributed by atoms with Crippen LogP contribution in [0.2, 0.25) is 5.02 Å². The van der Waals surface area contributed by atoms with Crippen LogP contribution in [0.3, 0.4) is 0 Å². The highest BCUT2D eigenvalue weighted by Gasteiger charge is 2.30. The summed E-state index contributed by atoms with van der Waals surface area (Å²) in [5.41, 5.74) is 8.40. The second-order valence-corrected chi connectivity index (χ2v) is 5.40. The largest absolute Gasteiger partial charge is 0.398 e. The zero-order valence-corrected chi connectivity index (χ0v) is 11.9. The molecule has 5 heteroatoms. The van der Waals surface area contributed by atoms with Gasteiger partial charge in [0.2, 0.25) is 5.91 Å². The van der Waals surface area contributed by atoms with Gasteiger partial charge in [-0.2, -0.15) is 0 Å². The maximum atomic E-state index is 12.5. The molecule has 2 amide bonds. The molecule has 0 saturated heterocycles. The summed E-state index contributed by atoms with van der Waals surface area (Å²) in [5.74, 6) is -0.515. The molecule has 0 fully saturated rings. The number of carbonyl (C=O) groups is 2. The molecule has 0 atom stereocenters. The zero-order chi connectivity index (χ0) is 15.0. The van der Waals surface area contributed by atoms with Crippen molar-refractivity contribution in [3.8, 4) is 0 Å². The minimum Gasteiger partial charge on any atom is -0.398 e. The van der Waals surface area contributed by atoms with Gasteiger partial charge in [-0.3, -0.25) is 14.5 Å². The lowest BCUT2D eigenvalue weighted by molar-refractivity contribution is -0.128. The third kappa shape index (κ3) is 2.50. The number of hydrogen-bond donors (Lipinski definition) is 1. The molecule has 0 radical (unpaired) electrons. The Kier molecular flexibility index (Phi) is 3.39. The molecule has 0 bridgehead atoms. The van der Waals surface area contributed by atoms with Crippen LogP contribution >= 0.6 is 11.6 Å². The summed E-state index contributed by atoms with van der Waals surface area (Å²) in [4.78, 5) is 25.9. The summed E-state index contributed by atoms with van der Waals surface area (Å²) in [7, 11) is 0. The summed E-state index contributed by atoms with van der Waals surface area (Å²) in [6, 6.07) is 12.2. The van der Waals surface area contributed by atoms with Gasteiger partial charge in [0.05, 0.1) is 13.0 Å². The molecule has 1 aliphatic heterocycles. The first-order chi connectivity index (χ1) is 10.1. The van der Waals surface area contributed by atoms with Crippen LogP contribution in [-0.2, 0) is 17.8 Å². The van der Waals surface area contributed by atoms with Crippen molar-refractivity contribution < 1.29 is 9.59 Å². The lowest BCUT2D eigenvalue weighted by atomic mass is 9.98. The van der Waals surface area contributed by atoms with Crippen LogP contribution in [0, 0.1) is 0 Å². The molecule has 3 rings (SSSR count). The van der Waals surface area contributed by atoms with Crippen LogP contribution in [0.15, 0.2) is 42.5 Å². The van der Waals surface area contributed by atoms with Crippen LogP contribution in [-0.4, -0.2) is 16.7 Å². The van der Waals surface area contributed by atoms with Crippen LogP contribution in [0.5, 0.6) is 0 Å². The minimum absolute atomic E-state index is 0.137. The number of rotatable bonds is 2. The van der Waals surface area contributed by atoms with Gasteiger partial charge in [-0.25, -0.2) is 0 Å². The van der Waals surface area contributed by atoms with Crippen molar-refractivity contribution in [2.24, 2.45) is 0 Å². The Bertz CT molecular complexity index is 743. The number of imide groups is 1. The number of nitrogens with two attached hydrogens (primary N) is 1. The van der Waals surface area contributed by atoms with E-state index in [-0.39, 0.29) is 24.8 Å². The number of carbonyl (C=O) groups excluding carboxylic acids is 2. The normalized spacial score (nSPS) is 14.2. The topological polar surface area (TPSA) is 63.4 Å². The standard InChI is InChI=1S/C16H13ClN2O2/c17-12-5-6-14(18)11(7-12)9-19-15(20)8-10-3-1-2-4-13(10)16(19)21/h1-7H,8-9,18H2. The zero-order valence-electron chi connectivity index (χ0n) is 11.2. The minimum atomic E-state index is -0.291. The maximum Gasteiger partial charge on any atom is 0.261 e. The van der Waals surface area contributed by atoms with Gasteiger partial charge >= 0.3 is 0 Å². The number of hydrogen-bond acceptors (Lipinski definition) is 3. The second-order valence-electron chi connectivity index (χ2n) is 4.96. The summed E-state index contributed by atoms with van der Waals surface area (Å²) >= 11 is 5.94. The van der Waals surface area contributed by atoms with Crippen LogP contribution < -0.4 is 5.73 Å². The molecule has 0 spiro atoms. The molecule has 106 valence electrons. The average molecular weight is 301 g/mol. The Labute approximate surface area is 127 Å². The first-order valence-electron chi connectivity index (χ1n) is 6.53. The highest BCUT2D eigenvalue weighted by Crippen LogP contribution is 2.24. The van der Waals surface area contributed by atoms with E-state index in [2.05, 4.69) is 0 Å². The Balaban J connectivity index is 1.95. The number of nitrogens with zero attached hydrogens (tertiary/aromatic N) is 1. The number of benzene rings is 2. The van der Waals surface area contributed by atoms with E-state index in [9.17, 15) is 9.59 Å². The molecule has 1 aliphatic rings. The molecule has 0 aromatic heterocycles. The molecule has 0 saturated carbocycles. The lowest BCUT2D eigenvalue weighted by Crippen LogP contribution is -2.41. The fraction of sp³-hybridized carbons (Fsp3) is 0.125. The maximum absolute atomic E-state index is 12.5. The van der Waals surface area contributed by atoms with Crippen molar-refractivity contribution in [3.63, 3.8) is 0 Å². The van der Waals surface area contributed by atoms with Crippen molar-refractivity contribution in [3.05, 3.63) is 64.2 Å². The molecule has 2 N–H and O–H groups in total. The summed E-state index contributed by atoms with van der Waals surface area (Å²) in [5, 5.41) is 0.525. The summed E-state index contributed by atoms with van der Waals surface area (Å²) in [6.07, 6.45) is 0.225. The second kappa shape index (κ2) is 5.22. The predicted octanol–water partition coefficient (Wildman–Crippen LogP) is 2.65.